The van der Waals surface area contributed by atoms with Crippen LogP contribution in [0.5, 0.6) is 0 Å². The van der Waals surface area contributed by atoms with Gasteiger partial charge in [-0.25, -0.2) is 17.6 Å². The standard InChI is InChI=1S/C12H12FN3O3S/c13-9-1-2-11(8(5-9)6-14)16-12(17)15-10-3-4-20(18,19)7-10/h1-2,5,10H,3-4,7H2,(H2,15,16,17). The SMILES string of the molecule is N#Cc1cc(F)ccc1NC(=O)NC1CCS(=O)(=O)C1. The van der Waals surface area contributed by atoms with E-state index in [0.717, 1.165) is 12.1 Å². The zero-order valence-corrected chi connectivity index (χ0v) is 11.2. The molecule has 0 aliphatic carbocycles. The fraction of sp³-hybridized carbons (Fsp3) is 0.333. The first-order valence-electron chi connectivity index (χ1n) is 5.87. The zero-order valence-electron chi connectivity index (χ0n) is 10.4. The molecule has 106 valence electrons. The van der Waals surface area contributed by atoms with Crippen LogP contribution in [-0.4, -0.2) is 32.0 Å². The molecule has 2 amide bonds. The molecule has 2 rings (SSSR count). The van der Waals surface area contributed by atoms with E-state index in [4.69, 9.17) is 5.26 Å². The number of nitrogens with zero attached hydrogens (tertiary/aromatic N) is 1. The summed E-state index contributed by atoms with van der Waals surface area (Å²) in [4.78, 5) is 11.7. The summed E-state index contributed by atoms with van der Waals surface area (Å²) in [6.07, 6.45) is 0.365. The van der Waals surface area contributed by atoms with Crippen LogP contribution >= 0.6 is 0 Å². The lowest BCUT2D eigenvalue weighted by Gasteiger charge is -2.12. The minimum atomic E-state index is -3.08. The van der Waals surface area contributed by atoms with Crippen LogP contribution in [0.4, 0.5) is 14.9 Å². The summed E-state index contributed by atoms with van der Waals surface area (Å²) in [5.41, 5.74) is 0.173. The van der Waals surface area contributed by atoms with Crippen molar-refractivity contribution in [2.24, 2.45) is 0 Å². The van der Waals surface area contributed by atoms with Crippen molar-refractivity contribution in [1.29, 1.82) is 5.26 Å². The Balaban J connectivity index is 2.01. The number of nitriles is 1. The molecule has 1 aromatic rings. The highest BCUT2D eigenvalue weighted by Gasteiger charge is 2.28. The van der Waals surface area contributed by atoms with Gasteiger partial charge in [-0.1, -0.05) is 0 Å². The summed E-state index contributed by atoms with van der Waals surface area (Å²) in [7, 11) is -3.08. The minimum absolute atomic E-state index is 0.000747. The maximum Gasteiger partial charge on any atom is 0.319 e. The molecule has 0 saturated carbocycles. The number of halogens is 1. The van der Waals surface area contributed by atoms with Gasteiger partial charge in [-0.2, -0.15) is 5.26 Å². The van der Waals surface area contributed by atoms with Gasteiger partial charge in [0.25, 0.3) is 0 Å². The number of benzene rings is 1. The normalized spacial score (nSPS) is 20.1. The number of urea groups is 1. The molecule has 2 N–H and O–H groups in total. The number of rotatable bonds is 2. The number of hydrogen-bond acceptors (Lipinski definition) is 4. The summed E-state index contributed by atoms with van der Waals surface area (Å²) < 4.78 is 35.5. The quantitative estimate of drug-likeness (QED) is 0.850. The topological polar surface area (TPSA) is 99.1 Å². The number of amides is 2. The largest absolute Gasteiger partial charge is 0.334 e. The van der Waals surface area contributed by atoms with Gasteiger partial charge in [0, 0.05) is 6.04 Å². The van der Waals surface area contributed by atoms with Crippen molar-refractivity contribution in [2.45, 2.75) is 12.5 Å². The second-order valence-electron chi connectivity index (χ2n) is 4.50. The number of carbonyl (C=O) groups excluding carboxylic acids is 1. The van der Waals surface area contributed by atoms with Gasteiger partial charge in [0.05, 0.1) is 22.8 Å². The Morgan fingerprint density at radius 2 is 2.20 bits per heavy atom. The molecular weight excluding hydrogens is 285 g/mol. The van der Waals surface area contributed by atoms with E-state index in [-0.39, 0.29) is 22.8 Å². The molecule has 0 radical (unpaired) electrons. The van der Waals surface area contributed by atoms with Crippen LogP contribution in [0.1, 0.15) is 12.0 Å². The van der Waals surface area contributed by atoms with E-state index in [1.54, 1.807) is 6.07 Å². The van der Waals surface area contributed by atoms with Crippen LogP contribution in [-0.2, 0) is 9.84 Å². The predicted octanol–water partition coefficient (Wildman–Crippen LogP) is 1.01. The third-order valence-corrected chi connectivity index (χ3v) is 4.69. The summed E-state index contributed by atoms with van der Waals surface area (Å²) >= 11 is 0. The number of sulfone groups is 1. The van der Waals surface area contributed by atoms with Crippen LogP contribution in [0.25, 0.3) is 0 Å². The second kappa shape index (κ2) is 5.46. The van der Waals surface area contributed by atoms with E-state index in [2.05, 4.69) is 10.6 Å². The van der Waals surface area contributed by atoms with Crippen LogP contribution < -0.4 is 10.6 Å². The van der Waals surface area contributed by atoms with Gasteiger partial charge in [-0.05, 0) is 24.6 Å². The van der Waals surface area contributed by atoms with Crippen LogP contribution in [0, 0.1) is 17.1 Å². The first kappa shape index (κ1) is 14.3. The molecule has 1 atom stereocenters. The van der Waals surface area contributed by atoms with Crippen LogP contribution in [0.2, 0.25) is 0 Å². The third-order valence-electron chi connectivity index (χ3n) is 2.92. The molecule has 1 unspecified atom stereocenters. The summed E-state index contributed by atoms with van der Waals surface area (Å²) in [6.45, 7) is 0. The van der Waals surface area contributed by atoms with E-state index in [1.165, 1.54) is 6.07 Å². The van der Waals surface area contributed by atoms with Gasteiger partial charge < -0.3 is 10.6 Å². The maximum absolute atomic E-state index is 12.9. The molecule has 1 saturated heterocycles. The van der Waals surface area contributed by atoms with Gasteiger partial charge >= 0.3 is 6.03 Å². The maximum atomic E-state index is 12.9. The molecule has 1 aliphatic heterocycles. The lowest BCUT2D eigenvalue weighted by molar-refractivity contribution is 0.249. The Kier molecular flexibility index (Phi) is 3.90. The van der Waals surface area contributed by atoms with Gasteiger partial charge in [-0.3, -0.25) is 0 Å². The smallest absolute Gasteiger partial charge is 0.319 e. The van der Waals surface area contributed by atoms with Gasteiger partial charge in [0.1, 0.15) is 11.9 Å². The van der Waals surface area contributed by atoms with E-state index in [0.29, 0.717) is 6.42 Å². The van der Waals surface area contributed by atoms with Crippen molar-refractivity contribution in [2.75, 3.05) is 16.8 Å². The van der Waals surface area contributed by atoms with Crippen LogP contribution in [0.15, 0.2) is 18.2 Å². The third kappa shape index (κ3) is 3.45. The molecule has 1 fully saturated rings. The van der Waals surface area contributed by atoms with Crippen molar-refractivity contribution >= 4 is 21.6 Å². The molecule has 20 heavy (non-hydrogen) atoms. The second-order valence-corrected chi connectivity index (χ2v) is 6.73. The molecule has 0 bridgehead atoms. The van der Waals surface area contributed by atoms with E-state index >= 15 is 0 Å². The van der Waals surface area contributed by atoms with Crippen molar-refractivity contribution in [3.05, 3.63) is 29.6 Å². The summed E-state index contributed by atoms with van der Waals surface area (Å²) in [6, 6.07) is 4.12. The highest BCUT2D eigenvalue weighted by molar-refractivity contribution is 7.91. The van der Waals surface area contributed by atoms with E-state index < -0.39 is 27.7 Å². The zero-order chi connectivity index (χ0) is 14.8. The molecule has 0 spiro atoms. The van der Waals surface area contributed by atoms with Crippen molar-refractivity contribution < 1.29 is 17.6 Å². The molecular formula is C12H12FN3O3S. The highest BCUT2D eigenvalue weighted by Crippen LogP contribution is 2.16. The Labute approximate surface area is 115 Å². The van der Waals surface area contributed by atoms with E-state index in [1.807, 2.05) is 0 Å². The molecule has 1 aliphatic rings. The van der Waals surface area contributed by atoms with Gasteiger partial charge in [0.15, 0.2) is 9.84 Å². The Morgan fingerprint density at radius 3 is 2.80 bits per heavy atom. The number of hydrogen-bond donors (Lipinski definition) is 2. The number of nitrogens with one attached hydrogen (secondary N) is 2. The Bertz CT molecular complexity index is 682. The van der Waals surface area contributed by atoms with Crippen LogP contribution in [0.3, 0.4) is 0 Å². The minimum Gasteiger partial charge on any atom is -0.334 e. The molecule has 0 aromatic heterocycles. The first-order chi connectivity index (χ1) is 9.39. The van der Waals surface area contributed by atoms with Crippen molar-refractivity contribution in [3.8, 4) is 6.07 Å². The number of anilines is 1. The Hall–Kier alpha value is -2.14. The fourth-order valence-corrected chi connectivity index (χ4v) is 3.64. The highest BCUT2D eigenvalue weighted by atomic mass is 32.2. The lowest BCUT2D eigenvalue weighted by atomic mass is 10.2. The molecule has 8 heteroatoms. The molecule has 6 nitrogen and oxygen atoms in total. The van der Waals surface area contributed by atoms with Crippen molar-refractivity contribution in [3.63, 3.8) is 0 Å². The summed E-state index contributed by atoms with van der Waals surface area (Å²) in [5, 5.41) is 13.8. The average Bonchev–Trinajstić information content (AvgIpc) is 2.70. The summed E-state index contributed by atoms with van der Waals surface area (Å²) in [5.74, 6) is -0.609. The molecule has 1 aromatic carbocycles. The number of carbonyl (C=O) groups is 1. The monoisotopic (exact) mass is 297 g/mol. The molecule has 1 heterocycles. The predicted molar refractivity (Wildman–Crippen MR) is 70.3 cm³/mol. The van der Waals surface area contributed by atoms with E-state index in [9.17, 15) is 17.6 Å². The first-order valence-corrected chi connectivity index (χ1v) is 7.69. The van der Waals surface area contributed by atoms with Gasteiger partial charge in [0.2, 0.25) is 0 Å². The van der Waals surface area contributed by atoms with Crippen molar-refractivity contribution in [1.82, 2.24) is 5.32 Å². The van der Waals surface area contributed by atoms with Gasteiger partial charge in [-0.15, -0.1) is 0 Å². The average molecular weight is 297 g/mol. The Morgan fingerprint density at radius 1 is 1.45 bits per heavy atom. The fourth-order valence-electron chi connectivity index (χ4n) is 1.97. The lowest BCUT2D eigenvalue weighted by Crippen LogP contribution is -2.38.